The van der Waals surface area contributed by atoms with E-state index in [1.807, 2.05) is 19.1 Å². The fraction of sp³-hybridized carbons (Fsp3) is 0.357. The quantitative estimate of drug-likeness (QED) is 0.715. The number of terminal acetylenes is 1. The molecule has 0 N–H and O–H groups in total. The van der Waals surface area contributed by atoms with E-state index in [9.17, 15) is 4.79 Å². The van der Waals surface area contributed by atoms with Crippen LogP contribution in [-0.4, -0.2) is 5.78 Å². The van der Waals surface area contributed by atoms with Gasteiger partial charge in [-0.1, -0.05) is 18.5 Å². The molecule has 0 bridgehead atoms. The second-order valence-corrected chi connectivity index (χ2v) is 4.80. The minimum Gasteiger partial charge on any atom is -0.294 e. The Hall–Kier alpha value is -1.26. The summed E-state index contributed by atoms with van der Waals surface area (Å²) in [6.45, 7) is 2.04. The number of fused-ring (bicyclic) bond motifs is 1. The van der Waals surface area contributed by atoms with Crippen molar-refractivity contribution in [2.24, 2.45) is 11.8 Å². The van der Waals surface area contributed by atoms with Gasteiger partial charge in [-0.05, 0) is 36.1 Å². The van der Waals surface area contributed by atoms with Gasteiger partial charge in [0.25, 0.3) is 0 Å². The van der Waals surface area contributed by atoms with E-state index in [1.165, 1.54) is 0 Å². The summed E-state index contributed by atoms with van der Waals surface area (Å²) in [6.07, 6.45) is 6.72. The number of rotatable bonds is 2. The van der Waals surface area contributed by atoms with Crippen LogP contribution in [0.15, 0.2) is 18.2 Å². The van der Waals surface area contributed by atoms with Gasteiger partial charge >= 0.3 is 0 Å². The smallest absolute Gasteiger partial charge is 0.166 e. The maximum atomic E-state index is 12.1. The van der Waals surface area contributed by atoms with Gasteiger partial charge in [0.05, 0.1) is 0 Å². The molecule has 2 unspecified atom stereocenters. The SMILES string of the molecule is C#CCC(C)C1Cc2cc(Cl)ccc2C1=O. The van der Waals surface area contributed by atoms with E-state index in [-0.39, 0.29) is 17.6 Å². The van der Waals surface area contributed by atoms with Gasteiger partial charge in [0.15, 0.2) is 5.78 Å². The van der Waals surface area contributed by atoms with Crippen molar-refractivity contribution in [1.82, 2.24) is 0 Å². The van der Waals surface area contributed by atoms with Crippen molar-refractivity contribution < 1.29 is 4.79 Å². The molecule has 0 amide bonds. The van der Waals surface area contributed by atoms with Crippen molar-refractivity contribution >= 4 is 17.4 Å². The number of Topliss-reactive ketones (excluding diaryl/α,β-unsaturated/α-hetero) is 1. The molecule has 0 saturated heterocycles. The number of carbonyl (C=O) groups excluding carboxylic acids is 1. The Labute approximate surface area is 101 Å². The minimum absolute atomic E-state index is 0.0320. The van der Waals surface area contributed by atoms with Crippen LogP contribution < -0.4 is 0 Å². The Morgan fingerprint density at radius 1 is 1.62 bits per heavy atom. The van der Waals surface area contributed by atoms with Gasteiger partial charge in [-0.15, -0.1) is 12.3 Å². The lowest BCUT2D eigenvalue weighted by atomic mass is 9.88. The Morgan fingerprint density at radius 2 is 2.38 bits per heavy atom. The van der Waals surface area contributed by atoms with Crippen molar-refractivity contribution in [3.8, 4) is 12.3 Å². The summed E-state index contributed by atoms with van der Waals surface area (Å²) in [6, 6.07) is 5.48. The highest BCUT2D eigenvalue weighted by molar-refractivity contribution is 6.30. The van der Waals surface area contributed by atoms with Crippen LogP contribution in [0.25, 0.3) is 0 Å². The van der Waals surface area contributed by atoms with Crippen LogP contribution in [0.1, 0.15) is 29.3 Å². The summed E-state index contributed by atoms with van der Waals surface area (Å²) >= 11 is 5.92. The highest BCUT2D eigenvalue weighted by atomic mass is 35.5. The standard InChI is InChI=1S/C14H13ClO/c1-3-4-9(2)13-8-10-7-11(15)5-6-12(10)14(13)16/h1,5-7,9,13H,4,8H2,2H3. The average Bonchev–Trinajstić information content (AvgIpc) is 2.56. The number of hydrogen-bond donors (Lipinski definition) is 0. The molecule has 1 aromatic rings. The molecule has 1 aliphatic rings. The van der Waals surface area contributed by atoms with E-state index >= 15 is 0 Å². The van der Waals surface area contributed by atoms with Gasteiger partial charge in [-0.3, -0.25) is 4.79 Å². The van der Waals surface area contributed by atoms with Crippen LogP contribution in [0.5, 0.6) is 0 Å². The van der Waals surface area contributed by atoms with Gasteiger partial charge in [-0.25, -0.2) is 0 Å². The van der Waals surface area contributed by atoms with Crippen molar-refractivity contribution in [3.63, 3.8) is 0 Å². The lowest BCUT2D eigenvalue weighted by Gasteiger charge is -2.14. The molecule has 2 atom stereocenters. The number of benzene rings is 1. The average molecular weight is 233 g/mol. The number of hydrogen-bond acceptors (Lipinski definition) is 1. The molecule has 16 heavy (non-hydrogen) atoms. The van der Waals surface area contributed by atoms with Crippen LogP contribution in [-0.2, 0) is 6.42 Å². The number of ketones is 1. The fourth-order valence-corrected chi connectivity index (χ4v) is 2.48. The topological polar surface area (TPSA) is 17.1 Å². The van der Waals surface area contributed by atoms with E-state index in [4.69, 9.17) is 18.0 Å². The second kappa shape index (κ2) is 4.31. The maximum absolute atomic E-state index is 12.1. The molecular weight excluding hydrogens is 220 g/mol. The van der Waals surface area contributed by atoms with Gasteiger partial charge in [-0.2, -0.15) is 0 Å². The molecular formula is C14H13ClO. The third kappa shape index (κ3) is 1.86. The molecule has 2 heteroatoms. The van der Waals surface area contributed by atoms with E-state index in [2.05, 4.69) is 5.92 Å². The van der Waals surface area contributed by atoms with Crippen LogP contribution >= 0.6 is 11.6 Å². The number of carbonyl (C=O) groups is 1. The number of halogens is 1. The predicted molar refractivity (Wildman–Crippen MR) is 65.6 cm³/mol. The zero-order valence-electron chi connectivity index (χ0n) is 9.16. The largest absolute Gasteiger partial charge is 0.294 e. The monoisotopic (exact) mass is 232 g/mol. The Bertz CT molecular complexity index is 470. The van der Waals surface area contributed by atoms with Crippen LogP contribution in [0, 0.1) is 24.2 Å². The third-order valence-corrected chi connectivity index (χ3v) is 3.47. The molecule has 2 rings (SSSR count). The molecule has 0 aromatic heterocycles. The highest BCUT2D eigenvalue weighted by Crippen LogP contribution is 2.34. The first-order valence-corrected chi connectivity index (χ1v) is 5.77. The van der Waals surface area contributed by atoms with Crippen molar-refractivity contribution in [2.45, 2.75) is 19.8 Å². The van der Waals surface area contributed by atoms with E-state index in [1.54, 1.807) is 6.07 Å². The predicted octanol–water partition coefficient (Wildman–Crippen LogP) is 3.35. The summed E-state index contributed by atoms with van der Waals surface area (Å²) in [5.41, 5.74) is 1.88. The zero-order chi connectivity index (χ0) is 11.7. The van der Waals surface area contributed by atoms with Crippen molar-refractivity contribution in [1.29, 1.82) is 0 Å². The molecule has 0 fully saturated rings. The van der Waals surface area contributed by atoms with Crippen LogP contribution in [0.3, 0.4) is 0 Å². The lowest BCUT2D eigenvalue weighted by Crippen LogP contribution is -2.17. The summed E-state index contributed by atoms with van der Waals surface area (Å²) in [5.74, 6) is 3.11. The molecule has 0 aliphatic heterocycles. The molecule has 0 radical (unpaired) electrons. The molecule has 1 aliphatic carbocycles. The van der Waals surface area contributed by atoms with Gasteiger partial charge in [0, 0.05) is 22.9 Å². The van der Waals surface area contributed by atoms with Crippen LogP contribution in [0.2, 0.25) is 5.02 Å². The molecule has 82 valence electrons. The maximum Gasteiger partial charge on any atom is 0.166 e. The van der Waals surface area contributed by atoms with E-state index in [0.717, 1.165) is 17.5 Å². The first-order valence-electron chi connectivity index (χ1n) is 5.39. The van der Waals surface area contributed by atoms with Gasteiger partial charge < -0.3 is 0 Å². The van der Waals surface area contributed by atoms with Crippen LogP contribution in [0.4, 0.5) is 0 Å². The fourth-order valence-electron chi connectivity index (χ4n) is 2.29. The Balaban J connectivity index is 2.28. The van der Waals surface area contributed by atoms with E-state index < -0.39 is 0 Å². The minimum atomic E-state index is 0.0320. The first-order chi connectivity index (χ1) is 7.63. The summed E-state index contributed by atoms with van der Waals surface area (Å²) in [7, 11) is 0. The Kier molecular flexibility index (Phi) is 3.03. The summed E-state index contributed by atoms with van der Waals surface area (Å²) in [5, 5.41) is 0.691. The van der Waals surface area contributed by atoms with Gasteiger partial charge in [0.2, 0.25) is 0 Å². The normalized spacial score (nSPS) is 20.3. The van der Waals surface area contributed by atoms with E-state index in [0.29, 0.717) is 11.4 Å². The molecule has 1 aromatic carbocycles. The first kappa shape index (κ1) is 11.2. The summed E-state index contributed by atoms with van der Waals surface area (Å²) in [4.78, 5) is 12.1. The molecule has 1 nitrogen and oxygen atoms in total. The third-order valence-electron chi connectivity index (χ3n) is 3.24. The van der Waals surface area contributed by atoms with Gasteiger partial charge in [0.1, 0.15) is 0 Å². The molecule has 0 spiro atoms. The van der Waals surface area contributed by atoms with Crippen molar-refractivity contribution in [3.05, 3.63) is 34.3 Å². The zero-order valence-corrected chi connectivity index (χ0v) is 9.92. The molecule has 0 heterocycles. The highest BCUT2D eigenvalue weighted by Gasteiger charge is 2.33. The Morgan fingerprint density at radius 3 is 3.06 bits per heavy atom. The second-order valence-electron chi connectivity index (χ2n) is 4.36. The molecule has 0 saturated carbocycles. The lowest BCUT2D eigenvalue weighted by molar-refractivity contribution is 0.0901. The summed E-state index contributed by atoms with van der Waals surface area (Å²) < 4.78 is 0. The van der Waals surface area contributed by atoms with Crippen molar-refractivity contribution in [2.75, 3.05) is 0 Å².